The van der Waals surface area contributed by atoms with Crippen molar-refractivity contribution in [1.29, 1.82) is 0 Å². The molecule has 1 amide bonds. The van der Waals surface area contributed by atoms with Gasteiger partial charge in [-0.25, -0.2) is 12.8 Å². The third-order valence-electron chi connectivity index (χ3n) is 7.67. The van der Waals surface area contributed by atoms with Crippen LogP contribution >= 0.6 is 11.6 Å². The van der Waals surface area contributed by atoms with E-state index < -0.39 is 29.2 Å². The Kier molecular flexibility index (Phi) is 7.09. The molecule has 1 fully saturated rings. The van der Waals surface area contributed by atoms with Gasteiger partial charge >= 0.3 is 7.12 Å². The predicted molar refractivity (Wildman–Crippen MR) is 156 cm³/mol. The highest BCUT2D eigenvalue weighted by molar-refractivity contribution is 7.92. The number of halogens is 2. The Labute approximate surface area is 242 Å². The molecule has 1 atom stereocenters. The van der Waals surface area contributed by atoms with Crippen LogP contribution in [0.15, 0.2) is 59.0 Å². The number of amides is 1. The Hall–Kier alpha value is -3.38. The van der Waals surface area contributed by atoms with Crippen molar-refractivity contribution in [3.8, 4) is 0 Å². The summed E-state index contributed by atoms with van der Waals surface area (Å²) in [6.45, 7) is 0.0787. The average molecular weight is 597 g/mol. The van der Waals surface area contributed by atoms with Gasteiger partial charge in [0.05, 0.1) is 23.6 Å². The highest BCUT2D eigenvalue weighted by Gasteiger charge is 2.37. The summed E-state index contributed by atoms with van der Waals surface area (Å²) >= 11 is 6.08. The molecule has 1 aromatic heterocycles. The van der Waals surface area contributed by atoms with E-state index in [0.717, 1.165) is 35.8 Å². The lowest BCUT2D eigenvalue weighted by Gasteiger charge is -2.26. The van der Waals surface area contributed by atoms with E-state index in [1.54, 1.807) is 36.4 Å². The Morgan fingerprint density at radius 2 is 1.88 bits per heavy atom. The Bertz CT molecular complexity index is 1770. The molecule has 0 radical (unpaired) electrons. The first kappa shape index (κ1) is 27.8. The van der Waals surface area contributed by atoms with E-state index in [4.69, 9.17) is 26.4 Å². The van der Waals surface area contributed by atoms with Gasteiger partial charge in [-0.1, -0.05) is 29.8 Å². The van der Waals surface area contributed by atoms with Crippen LogP contribution in [-0.2, 0) is 21.1 Å². The van der Waals surface area contributed by atoms with Crippen molar-refractivity contribution in [2.75, 3.05) is 17.1 Å². The minimum absolute atomic E-state index is 0.0787. The van der Waals surface area contributed by atoms with Gasteiger partial charge in [0.25, 0.3) is 5.91 Å². The lowest BCUT2D eigenvalue weighted by atomic mass is 9.79. The van der Waals surface area contributed by atoms with E-state index in [1.165, 1.54) is 16.4 Å². The van der Waals surface area contributed by atoms with Crippen LogP contribution in [-0.4, -0.2) is 39.3 Å². The molecule has 2 aliphatic rings. The second-order valence-corrected chi connectivity index (χ2v) is 13.0. The van der Waals surface area contributed by atoms with E-state index in [-0.39, 0.29) is 36.7 Å². The number of carbonyl (C=O) groups is 1. The van der Waals surface area contributed by atoms with Crippen molar-refractivity contribution in [3.63, 3.8) is 0 Å². The molecule has 12 heteroatoms. The van der Waals surface area contributed by atoms with Gasteiger partial charge in [-0.05, 0) is 77.7 Å². The van der Waals surface area contributed by atoms with Crippen LogP contribution in [0.1, 0.15) is 64.1 Å². The third-order valence-corrected chi connectivity index (χ3v) is 9.09. The normalized spacial score (nSPS) is 16.8. The highest BCUT2D eigenvalue weighted by Crippen LogP contribution is 2.47. The molecule has 212 valence electrons. The molecule has 0 spiro atoms. The number of carbonyl (C=O) groups excluding carboxylic acids is 1. The van der Waals surface area contributed by atoms with Crippen LogP contribution in [0, 0.1) is 5.82 Å². The van der Waals surface area contributed by atoms with Crippen LogP contribution in [0.4, 0.5) is 10.1 Å². The quantitative estimate of drug-likeness (QED) is 0.276. The highest BCUT2D eigenvalue weighted by atomic mass is 35.5. The van der Waals surface area contributed by atoms with Gasteiger partial charge in [0, 0.05) is 29.4 Å². The van der Waals surface area contributed by atoms with Gasteiger partial charge in [-0.2, -0.15) is 0 Å². The first-order chi connectivity index (χ1) is 19.5. The monoisotopic (exact) mass is 596 g/mol. The van der Waals surface area contributed by atoms with Crippen molar-refractivity contribution in [2.45, 2.75) is 37.7 Å². The first-order valence-corrected chi connectivity index (χ1v) is 15.5. The van der Waals surface area contributed by atoms with Crippen LogP contribution in [0.2, 0.25) is 5.02 Å². The molecule has 0 saturated heterocycles. The molecular formula is C29H27BClFN2O6S. The molecule has 8 nitrogen and oxygen atoms in total. The second-order valence-electron chi connectivity index (χ2n) is 10.6. The fourth-order valence-corrected chi connectivity index (χ4v) is 6.73. The number of hydrogen-bond acceptors (Lipinski definition) is 6. The van der Waals surface area contributed by atoms with Crippen LogP contribution < -0.4 is 15.5 Å². The Morgan fingerprint density at radius 3 is 2.54 bits per heavy atom. The molecule has 1 unspecified atom stereocenters. The zero-order valence-electron chi connectivity index (χ0n) is 22.1. The molecule has 6 rings (SSSR count). The molecule has 1 saturated carbocycles. The topological polar surface area (TPSA) is 123 Å². The van der Waals surface area contributed by atoms with E-state index in [1.807, 2.05) is 6.07 Å². The summed E-state index contributed by atoms with van der Waals surface area (Å²) < 4.78 is 52.9. The van der Waals surface area contributed by atoms with Crippen LogP contribution in [0.3, 0.4) is 0 Å². The van der Waals surface area contributed by atoms with Crippen LogP contribution in [0.25, 0.3) is 11.0 Å². The van der Waals surface area contributed by atoms with Gasteiger partial charge in [-0.15, -0.1) is 0 Å². The summed E-state index contributed by atoms with van der Waals surface area (Å²) in [5.41, 5.74) is 9.66. The number of primary amides is 1. The van der Waals surface area contributed by atoms with Gasteiger partial charge in [-0.3, -0.25) is 9.10 Å². The third kappa shape index (κ3) is 5.47. The van der Waals surface area contributed by atoms with E-state index >= 15 is 0 Å². The number of rotatable bonds is 9. The maximum Gasteiger partial charge on any atom is 0.492 e. The zero-order chi connectivity index (χ0) is 29.1. The fraction of sp³-hybridized carbons (Fsp3) is 0.276. The lowest BCUT2D eigenvalue weighted by Crippen LogP contribution is -2.32. The number of hydrogen-bond donors (Lipinski definition) is 2. The molecule has 1 aliphatic heterocycles. The SMILES string of the molecule is CS(=O)(=O)N(CCC1OB(O)c2cc(Cl)ccc21)c1cc2oc(Cc3ccc(F)cc3)c(C(N)=O)c2cc1C1CC1. The van der Waals surface area contributed by atoms with Crippen molar-refractivity contribution in [3.05, 3.63) is 93.5 Å². The molecule has 1 aliphatic carbocycles. The molecule has 3 aromatic carbocycles. The molecule has 2 heterocycles. The average Bonchev–Trinajstić information content (AvgIpc) is 3.62. The van der Waals surface area contributed by atoms with E-state index in [2.05, 4.69) is 0 Å². The number of benzene rings is 3. The summed E-state index contributed by atoms with van der Waals surface area (Å²) in [7, 11) is -4.90. The van der Waals surface area contributed by atoms with Gasteiger partial charge in [0.15, 0.2) is 0 Å². The number of nitrogens with two attached hydrogens (primary N) is 1. The summed E-state index contributed by atoms with van der Waals surface area (Å²) in [5, 5.41) is 11.4. The molecule has 0 bridgehead atoms. The van der Waals surface area contributed by atoms with Crippen LogP contribution in [0.5, 0.6) is 0 Å². The van der Waals surface area contributed by atoms with Crippen molar-refractivity contribution >= 4 is 56.8 Å². The molecule has 41 heavy (non-hydrogen) atoms. The fourth-order valence-electron chi connectivity index (χ4n) is 5.60. The Morgan fingerprint density at radius 1 is 1.15 bits per heavy atom. The van der Waals surface area contributed by atoms with Crippen molar-refractivity contribution in [2.24, 2.45) is 5.73 Å². The Balaban J connectivity index is 1.39. The summed E-state index contributed by atoms with van der Waals surface area (Å²) in [6, 6.07) is 14.5. The summed E-state index contributed by atoms with van der Waals surface area (Å²) in [6.07, 6.45) is 2.87. The van der Waals surface area contributed by atoms with Gasteiger partial charge in [0.1, 0.15) is 17.2 Å². The minimum Gasteiger partial charge on any atom is -0.460 e. The van der Waals surface area contributed by atoms with Crippen molar-refractivity contribution < 1.29 is 31.7 Å². The summed E-state index contributed by atoms with van der Waals surface area (Å²) in [4.78, 5) is 12.6. The molecule has 3 N–H and O–H groups in total. The second kappa shape index (κ2) is 10.5. The lowest BCUT2D eigenvalue weighted by molar-refractivity contribution is 0.1000. The standard InChI is InChI=1S/C29H27BClFN2O6S/c1-41(37,38)34(11-10-25-20-9-6-18(31)13-23(20)30(36)40-25)24-15-26-22(14-21(24)17-4-5-17)28(29(33)35)27(39-26)12-16-2-7-19(32)8-3-16/h2-3,6-9,13-15,17,25,36H,4-5,10-12H2,1H3,(H2,33,35). The number of nitrogens with zero attached hydrogens (tertiary/aromatic N) is 1. The zero-order valence-corrected chi connectivity index (χ0v) is 23.7. The smallest absolute Gasteiger partial charge is 0.460 e. The number of anilines is 1. The van der Waals surface area contributed by atoms with Gasteiger partial charge < -0.3 is 19.8 Å². The summed E-state index contributed by atoms with van der Waals surface area (Å²) in [5.74, 6) is -0.585. The predicted octanol–water partition coefficient (Wildman–Crippen LogP) is 4.41. The number of furan rings is 1. The first-order valence-electron chi connectivity index (χ1n) is 13.2. The number of fused-ring (bicyclic) bond motifs is 2. The largest absolute Gasteiger partial charge is 0.492 e. The maximum atomic E-state index is 13.4. The van der Waals surface area contributed by atoms with E-state index in [0.29, 0.717) is 32.9 Å². The van der Waals surface area contributed by atoms with E-state index in [9.17, 15) is 22.6 Å². The number of sulfonamides is 1. The maximum absolute atomic E-state index is 13.4. The molecule has 4 aromatic rings. The molecular weight excluding hydrogens is 570 g/mol. The minimum atomic E-state index is -3.75. The van der Waals surface area contributed by atoms with Gasteiger partial charge in [0.2, 0.25) is 10.0 Å². The van der Waals surface area contributed by atoms with Crippen molar-refractivity contribution in [1.82, 2.24) is 0 Å².